The van der Waals surface area contributed by atoms with E-state index in [1.54, 1.807) is 0 Å². The summed E-state index contributed by atoms with van der Waals surface area (Å²) in [5, 5.41) is 2.92. The van der Waals surface area contributed by atoms with Crippen molar-refractivity contribution in [3.05, 3.63) is 34.9 Å². The van der Waals surface area contributed by atoms with Crippen LogP contribution in [0.1, 0.15) is 61.0 Å². The van der Waals surface area contributed by atoms with E-state index in [0.29, 0.717) is 38.6 Å². The molecule has 1 aromatic carbocycles. The SMILES string of the molecule is CCCNC(=O)N1CCCN(C(=O)c2cc(C(C)C)ccc2C)CC1. The average molecular weight is 345 g/mol. The van der Waals surface area contributed by atoms with Crippen molar-refractivity contribution in [3.63, 3.8) is 0 Å². The van der Waals surface area contributed by atoms with Crippen LogP contribution in [-0.4, -0.2) is 54.5 Å². The van der Waals surface area contributed by atoms with Gasteiger partial charge in [-0.15, -0.1) is 0 Å². The number of nitrogens with zero attached hydrogens (tertiary/aromatic N) is 2. The van der Waals surface area contributed by atoms with Crippen molar-refractivity contribution in [3.8, 4) is 0 Å². The molecule has 1 saturated heterocycles. The Kier molecular flexibility index (Phi) is 6.85. The van der Waals surface area contributed by atoms with Gasteiger partial charge in [0.25, 0.3) is 5.91 Å². The molecule has 0 bridgehead atoms. The molecule has 5 heteroatoms. The molecule has 1 aromatic rings. The van der Waals surface area contributed by atoms with Gasteiger partial charge in [-0.1, -0.05) is 32.9 Å². The molecular formula is C20H31N3O2. The van der Waals surface area contributed by atoms with Crippen LogP contribution in [0.4, 0.5) is 4.79 Å². The number of rotatable bonds is 4. The van der Waals surface area contributed by atoms with Crippen molar-refractivity contribution in [1.82, 2.24) is 15.1 Å². The second-order valence-corrected chi connectivity index (χ2v) is 7.09. The highest BCUT2D eigenvalue weighted by molar-refractivity contribution is 5.96. The number of hydrogen-bond acceptors (Lipinski definition) is 2. The predicted molar refractivity (Wildman–Crippen MR) is 101 cm³/mol. The monoisotopic (exact) mass is 345 g/mol. The topological polar surface area (TPSA) is 52.7 Å². The Balaban J connectivity index is 2.06. The molecule has 0 saturated carbocycles. The van der Waals surface area contributed by atoms with Crippen LogP contribution in [0.2, 0.25) is 0 Å². The highest BCUT2D eigenvalue weighted by Crippen LogP contribution is 2.20. The molecule has 0 unspecified atom stereocenters. The number of carbonyl (C=O) groups excluding carboxylic acids is 2. The third-order valence-electron chi connectivity index (χ3n) is 4.76. The fraction of sp³-hybridized carbons (Fsp3) is 0.600. The fourth-order valence-electron chi connectivity index (χ4n) is 3.07. The minimum absolute atomic E-state index is 0.0193. The number of carbonyl (C=O) groups is 2. The van der Waals surface area contributed by atoms with Gasteiger partial charge in [0.1, 0.15) is 0 Å². The van der Waals surface area contributed by atoms with Gasteiger partial charge in [0.05, 0.1) is 0 Å². The van der Waals surface area contributed by atoms with Crippen LogP contribution in [-0.2, 0) is 0 Å². The molecular weight excluding hydrogens is 314 g/mol. The first kappa shape index (κ1) is 19.3. The summed E-state index contributed by atoms with van der Waals surface area (Å²) >= 11 is 0. The van der Waals surface area contributed by atoms with Crippen LogP contribution >= 0.6 is 0 Å². The standard InChI is InChI=1S/C20H31N3O2/c1-5-9-21-20(25)23-11-6-10-22(12-13-23)19(24)18-14-17(15(2)3)8-7-16(18)4/h7-8,14-15H,5-6,9-13H2,1-4H3,(H,21,25). The predicted octanol–water partition coefficient (Wildman–Crippen LogP) is 3.39. The number of amides is 3. The number of aryl methyl sites for hydroxylation is 1. The van der Waals surface area contributed by atoms with Crippen LogP contribution < -0.4 is 5.32 Å². The summed E-state index contributed by atoms with van der Waals surface area (Å²) in [6.45, 7) is 11.6. The Morgan fingerprint density at radius 1 is 1.12 bits per heavy atom. The molecule has 0 aromatic heterocycles. The lowest BCUT2D eigenvalue weighted by Gasteiger charge is -2.23. The second kappa shape index (κ2) is 8.88. The molecule has 0 aliphatic carbocycles. The highest BCUT2D eigenvalue weighted by atomic mass is 16.2. The van der Waals surface area contributed by atoms with Crippen LogP contribution in [0.15, 0.2) is 18.2 Å². The number of benzene rings is 1. The Morgan fingerprint density at radius 3 is 2.48 bits per heavy atom. The van der Waals surface area contributed by atoms with Gasteiger partial charge in [0, 0.05) is 38.3 Å². The van der Waals surface area contributed by atoms with Gasteiger partial charge in [-0.05, 0) is 42.9 Å². The summed E-state index contributed by atoms with van der Waals surface area (Å²) in [7, 11) is 0. The minimum atomic E-state index is -0.0193. The first-order chi connectivity index (χ1) is 11.9. The zero-order valence-electron chi connectivity index (χ0n) is 16.0. The smallest absolute Gasteiger partial charge is 0.317 e. The Morgan fingerprint density at radius 2 is 1.80 bits per heavy atom. The molecule has 0 spiro atoms. The molecule has 1 heterocycles. The first-order valence-electron chi connectivity index (χ1n) is 9.36. The zero-order chi connectivity index (χ0) is 18.4. The number of hydrogen-bond donors (Lipinski definition) is 1. The van der Waals surface area contributed by atoms with E-state index < -0.39 is 0 Å². The molecule has 0 radical (unpaired) electrons. The summed E-state index contributed by atoms with van der Waals surface area (Å²) < 4.78 is 0. The number of nitrogens with one attached hydrogen (secondary N) is 1. The van der Waals surface area contributed by atoms with Crippen molar-refractivity contribution in [1.29, 1.82) is 0 Å². The summed E-state index contributed by atoms with van der Waals surface area (Å²) in [6.07, 6.45) is 1.74. The van der Waals surface area contributed by atoms with Gasteiger partial charge >= 0.3 is 6.03 Å². The third-order valence-corrected chi connectivity index (χ3v) is 4.76. The lowest BCUT2D eigenvalue weighted by Crippen LogP contribution is -2.42. The van der Waals surface area contributed by atoms with E-state index in [0.717, 1.165) is 24.0 Å². The molecule has 1 fully saturated rings. The molecule has 5 nitrogen and oxygen atoms in total. The van der Waals surface area contributed by atoms with Gasteiger partial charge in [-0.2, -0.15) is 0 Å². The van der Waals surface area contributed by atoms with Gasteiger partial charge in [-0.3, -0.25) is 4.79 Å². The summed E-state index contributed by atoms with van der Waals surface area (Å²) in [6, 6.07) is 6.14. The maximum Gasteiger partial charge on any atom is 0.317 e. The fourth-order valence-corrected chi connectivity index (χ4v) is 3.07. The van der Waals surface area contributed by atoms with E-state index in [1.165, 1.54) is 5.56 Å². The van der Waals surface area contributed by atoms with Gasteiger partial charge in [0.2, 0.25) is 0 Å². The van der Waals surface area contributed by atoms with Gasteiger partial charge in [-0.25, -0.2) is 4.79 Å². The Labute approximate surface area is 151 Å². The van der Waals surface area contributed by atoms with E-state index >= 15 is 0 Å². The van der Waals surface area contributed by atoms with E-state index in [1.807, 2.05) is 35.8 Å². The molecule has 1 N–H and O–H groups in total. The normalized spacial score (nSPS) is 15.2. The van der Waals surface area contributed by atoms with Crippen LogP contribution in [0.5, 0.6) is 0 Å². The zero-order valence-corrected chi connectivity index (χ0v) is 16.0. The third kappa shape index (κ3) is 4.97. The highest BCUT2D eigenvalue weighted by Gasteiger charge is 2.23. The van der Waals surface area contributed by atoms with Crippen LogP contribution in [0.3, 0.4) is 0 Å². The van der Waals surface area contributed by atoms with E-state index in [2.05, 4.69) is 25.2 Å². The first-order valence-corrected chi connectivity index (χ1v) is 9.36. The van der Waals surface area contributed by atoms with Crippen molar-refractivity contribution in [2.45, 2.75) is 46.5 Å². The van der Waals surface area contributed by atoms with Crippen LogP contribution in [0.25, 0.3) is 0 Å². The minimum Gasteiger partial charge on any atom is -0.338 e. The maximum atomic E-state index is 13.0. The van der Waals surface area contributed by atoms with E-state index in [4.69, 9.17) is 0 Å². The van der Waals surface area contributed by atoms with E-state index in [-0.39, 0.29) is 11.9 Å². The average Bonchev–Trinajstić information content (AvgIpc) is 2.85. The molecule has 1 aliphatic heterocycles. The molecule has 138 valence electrons. The lowest BCUT2D eigenvalue weighted by molar-refractivity contribution is 0.0761. The summed E-state index contributed by atoms with van der Waals surface area (Å²) in [5.41, 5.74) is 2.98. The van der Waals surface area contributed by atoms with Crippen molar-refractivity contribution in [2.24, 2.45) is 0 Å². The number of urea groups is 1. The van der Waals surface area contributed by atoms with Crippen LogP contribution in [0, 0.1) is 6.92 Å². The van der Waals surface area contributed by atoms with Crippen molar-refractivity contribution in [2.75, 3.05) is 32.7 Å². The Hall–Kier alpha value is -2.04. The summed E-state index contributed by atoms with van der Waals surface area (Å²) in [5.74, 6) is 0.477. The summed E-state index contributed by atoms with van der Waals surface area (Å²) in [4.78, 5) is 28.9. The van der Waals surface area contributed by atoms with Crippen molar-refractivity contribution >= 4 is 11.9 Å². The Bertz CT molecular complexity index is 613. The molecule has 25 heavy (non-hydrogen) atoms. The van der Waals surface area contributed by atoms with E-state index in [9.17, 15) is 9.59 Å². The largest absolute Gasteiger partial charge is 0.338 e. The quantitative estimate of drug-likeness (QED) is 0.909. The van der Waals surface area contributed by atoms with Crippen molar-refractivity contribution < 1.29 is 9.59 Å². The maximum absolute atomic E-state index is 13.0. The lowest BCUT2D eigenvalue weighted by atomic mass is 9.97. The molecule has 1 aliphatic rings. The second-order valence-electron chi connectivity index (χ2n) is 7.09. The van der Waals surface area contributed by atoms with Gasteiger partial charge < -0.3 is 15.1 Å². The van der Waals surface area contributed by atoms with Gasteiger partial charge in [0.15, 0.2) is 0 Å². The molecule has 2 rings (SSSR count). The molecule has 3 amide bonds. The molecule has 0 atom stereocenters.